The van der Waals surface area contributed by atoms with Crippen LogP contribution in [0.25, 0.3) is 0 Å². The van der Waals surface area contributed by atoms with Gasteiger partial charge in [0.15, 0.2) is 0 Å². The minimum Gasteiger partial charge on any atom is -0.374 e. The average Bonchev–Trinajstić information content (AvgIpc) is 2.31. The predicted molar refractivity (Wildman–Crippen MR) is 58.3 cm³/mol. The van der Waals surface area contributed by atoms with Gasteiger partial charge in [-0.15, -0.1) is 0 Å². The molecule has 1 saturated heterocycles. The highest BCUT2D eigenvalue weighted by Crippen LogP contribution is 2.08. The Kier molecular flexibility index (Phi) is 3.66. The lowest BCUT2D eigenvalue weighted by molar-refractivity contribution is -0.0260. The fourth-order valence-electron chi connectivity index (χ4n) is 1.82. The third kappa shape index (κ3) is 2.99. The summed E-state index contributed by atoms with van der Waals surface area (Å²) in [5.41, 5.74) is 6.84. The monoisotopic (exact) mass is 207 g/mol. The number of aromatic nitrogens is 1. The van der Waals surface area contributed by atoms with E-state index in [1.807, 2.05) is 12.3 Å². The van der Waals surface area contributed by atoms with Gasteiger partial charge in [0.25, 0.3) is 0 Å². The van der Waals surface area contributed by atoms with Crippen LogP contribution in [0.15, 0.2) is 24.5 Å². The fourth-order valence-corrected chi connectivity index (χ4v) is 1.82. The molecule has 2 N–H and O–H groups in total. The van der Waals surface area contributed by atoms with Gasteiger partial charge in [0, 0.05) is 38.6 Å². The Balaban J connectivity index is 1.89. The summed E-state index contributed by atoms with van der Waals surface area (Å²) in [4.78, 5) is 6.47. The van der Waals surface area contributed by atoms with Gasteiger partial charge >= 0.3 is 0 Å². The second kappa shape index (κ2) is 5.21. The zero-order chi connectivity index (χ0) is 10.5. The van der Waals surface area contributed by atoms with E-state index in [4.69, 9.17) is 10.5 Å². The summed E-state index contributed by atoms with van der Waals surface area (Å²) in [5.74, 6) is 0. The van der Waals surface area contributed by atoms with Crippen molar-refractivity contribution in [1.29, 1.82) is 0 Å². The maximum atomic E-state index is 5.59. The summed E-state index contributed by atoms with van der Waals surface area (Å²) in [6.07, 6.45) is 3.90. The van der Waals surface area contributed by atoms with Crippen molar-refractivity contribution in [2.75, 3.05) is 26.2 Å². The highest BCUT2D eigenvalue weighted by Gasteiger charge is 2.18. The number of nitrogens with two attached hydrogens (primary N) is 1. The molecule has 2 rings (SSSR count). The fraction of sp³-hybridized carbons (Fsp3) is 0.545. The molecule has 0 bridgehead atoms. The Morgan fingerprint density at radius 3 is 3.27 bits per heavy atom. The molecule has 1 aromatic heterocycles. The molecule has 0 saturated carbocycles. The van der Waals surface area contributed by atoms with Crippen LogP contribution >= 0.6 is 0 Å². The molecule has 0 aliphatic carbocycles. The van der Waals surface area contributed by atoms with Crippen molar-refractivity contribution in [2.45, 2.75) is 12.6 Å². The van der Waals surface area contributed by atoms with E-state index in [0.29, 0.717) is 6.54 Å². The van der Waals surface area contributed by atoms with Crippen LogP contribution in [-0.2, 0) is 11.3 Å². The molecule has 0 amide bonds. The number of hydrogen-bond donors (Lipinski definition) is 1. The predicted octanol–water partition coefficient (Wildman–Crippen LogP) is 0.241. The maximum Gasteiger partial charge on any atom is 0.0824 e. The Bertz CT molecular complexity index is 291. The summed E-state index contributed by atoms with van der Waals surface area (Å²) in [7, 11) is 0. The number of ether oxygens (including phenoxy) is 1. The van der Waals surface area contributed by atoms with Crippen LogP contribution in [0.2, 0.25) is 0 Å². The van der Waals surface area contributed by atoms with Crippen molar-refractivity contribution in [3.8, 4) is 0 Å². The van der Waals surface area contributed by atoms with Crippen LogP contribution in [-0.4, -0.2) is 42.2 Å². The first kappa shape index (κ1) is 10.5. The molecule has 0 spiro atoms. The highest BCUT2D eigenvalue weighted by atomic mass is 16.5. The van der Waals surface area contributed by atoms with Gasteiger partial charge in [-0.3, -0.25) is 9.88 Å². The third-order valence-corrected chi connectivity index (χ3v) is 2.61. The average molecular weight is 207 g/mol. The van der Waals surface area contributed by atoms with Crippen LogP contribution < -0.4 is 5.73 Å². The molecule has 1 atom stereocenters. The van der Waals surface area contributed by atoms with E-state index in [-0.39, 0.29) is 6.10 Å². The van der Waals surface area contributed by atoms with E-state index < -0.39 is 0 Å². The van der Waals surface area contributed by atoms with Crippen molar-refractivity contribution in [1.82, 2.24) is 9.88 Å². The van der Waals surface area contributed by atoms with Gasteiger partial charge in [0.1, 0.15) is 0 Å². The minimum absolute atomic E-state index is 0.190. The van der Waals surface area contributed by atoms with Gasteiger partial charge in [-0.05, 0) is 11.6 Å². The summed E-state index contributed by atoms with van der Waals surface area (Å²) in [6.45, 7) is 4.22. The largest absolute Gasteiger partial charge is 0.374 e. The molecule has 1 fully saturated rings. The minimum atomic E-state index is 0.190. The van der Waals surface area contributed by atoms with Crippen LogP contribution in [0.4, 0.5) is 0 Å². The quantitative estimate of drug-likeness (QED) is 0.771. The zero-order valence-electron chi connectivity index (χ0n) is 8.80. The van der Waals surface area contributed by atoms with E-state index in [2.05, 4.69) is 16.0 Å². The van der Waals surface area contributed by atoms with Gasteiger partial charge in [0.2, 0.25) is 0 Å². The van der Waals surface area contributed by atoms with Gasteiger partial charge in [-0.2, -0.15) is 0 Å². The number of rotatable bonds is 3. The first-order valence-corrected chi connectivity index (χ1v) is 5.31. The molecule has 4 nitrogen and oxygen atoms in total. The SMILES string of the molecule is NC[C@H]1CN(Cc2cccnc2)CCO1. The normalized spacial score (nSPS) is 22.9. The third-order valence-electron chi connectivity index (χ3n) is 2.61. The molecule has 15 heavy (non-hydrogen) atoms. The van der Waals surface area contributed by atoms with Crippen molar-refractivity contribution in [3.05, 3.63) is 30.1 Å². The van der Waals surface area contributed by atoms with Crippen LogP contribution in [0.3, 0.4) is 0 Å². The molecule has 1 aromatic rings. The van der Waals surface area contributed by atoms with Gasteiger partial charge in [-0.25, -0.2) is 0 Å². The van der Waals surface area contributed by atoms with E-state index in [1.54, 1.807) is 6.20 Å². The summed E-state index contributed by atoms with van der Waals surface area (Å²) in [6, 6.07) is 4.07. The van der Waals surface area contributed by atoms with Crippen LogP contribution in [0, 0.1) is 0 Å². The van der Waals surface area contributed by atoms with E-state index >= 15 is 0 Å². The maximum absolute atomic E-state index is 5.59. The van der Waals surface area contributed by atoms with Crippen LogP contribution in [0.5, 0.6) is 0 Å². The van der Waals surface area contributed by atoms with E-state index in [0.717, 1.165) is 26.2 Å². The highest BCUT2D eigenvalue weighted by molar-refractivity contribution is 5.08. The molecule has 0 unspecified atom stereocenters. The number of pyridine rings is 1. The molecule has 1 aliphatic rings. The molecule has 0 aromatic carbocycles. The number of hydrogen-bond acceptors (Lipinski definition) is 4. The smallest absolute Gasteiger partial charge is 0.0824 e. The molecular formula is C11H17N3O. The Hall–Kier alpha value is -0.970. The molecule has 4 heteroatoms. The van der Waals surface area contributed by atoms with Gasteiger partial charge in [0.05, 0.1) is 12.7 Å². The van der Waals surface area contributed by atoms with Crippen molar-refractivity contribution >= 4 is 0 Å². The first-order valence-electron chi connectivity index (χ1n) is 5.31. The molecule has 1 aliphatic heterocycles. The molecule has 2 heterocycles. The van der Waals surface area contributed by atoms with Crippen molar-refractivity contribution in [3.63, 3.8) is 0 Å². The summed E-state index contributed by atoms with van der Waals surface area (Å²) in [5, 5.41) is 0. The Labute approximate surface area is 90.0 Å². The lowest BCUT2D eigenvalue weighted by Crippen LogP contribution is -2.45. The lowest BCUT2D eigenvalue weighted by atomic mass is 10.2. The van der Waals surface area contributed by atoms with Crippen LogP contribution in [0.1, 0.15) is 5.56 Å². The van der Waals surface area contributed by atoms with E-state index in [1.165, 1.54) is 5.56 Å². The second-order valence-electron chi connectivity index (χ2n) is 3.82. The molecule has 82 valence electrons. The summed E-state index contributed by atoms with van der Waals surface area (Å²) < 4.78 is 5.51. The Morgan fingerprint density at radius 1 is 1.60 bits per heavy atom. The number of nitrogens with zero attached hydrogens (tertiary/aromatic N) is 2. The zero-order valence-corrected chi connectivity index (χ0v) is 8.80. The second-order valence-corrected chi connectivity index (χ2v) is 3.82. The summed E-state index contributed by atoms with van der Waals surface area (Å²) >= 11 is 0. The first-order chi connectivity index (χ1) is 7.38. The van der Waals surface area contributed by atoms with E-state index in [9.17, 15) is 0 Å². The van der Waals surface area contributed by atoms with Crippen molar-refractivity contribution < 1.29 is 4.74 Å². The van der Waals surface area contributed by atoms with Crippen molar-refractivity contribution in [2.24, 2.45) is 5.73 Å². The Morgan fingerprint density at radius 2 is 2.53 bits per heavy atom. The lowest BCUT2D eigenvalue weighted by Gasteiger charge is -2.32. The molecular weight excluding hydrogens is 190 g/mol. The number of morpholine rings is 1. The van der Waals surface area contributed by atoms with Gasteiger partial charge < -0.3 is 10.5 Å². The molecule has 0 radical (unpaired) electrons. The standard InChI is InChI=1S/C11H17N3O/c12-6-11-9-14(4-5-15-11)8-10-2-1-3-13-7-10/h1-3,7,11H,4-6,8-9,12H2/t11-/m0/s1. The topological polar surface area (TPSA) is 51.4 Å². The van der Waals surface area contributed by atoms with Gasteiger partial charge in [-0.1, -0.05) is 6.07 Å².